The van der Waals surface area contributed by atoms with Crippen LogP contribution in [0.2, 0.25) is 0 Å². The molecule has 23 heavy (non-hydrogen) atoms. The number of hydrogen-bond donors (Lipinski definition) is 0. The Kier molecular flexibility index (Phi) is 4.55. The smallest absolute Gasteiger partial charge is 0.213 e. The second-order valence-electron chi connectivity index (χ2n) is 6.11. The first-order chi connectivity index (χ1) is 11.0. The summed E-state index contributed by atoms with van der Waals surface area (Å²) >= 11 is 0. The zero-order valence-electron chi connectivity index (χ0n) is 13.6. The lowest BCUT2D eigenvalue weighted by molar-refractivity contribution is 0.428. The van der Waals surface area contributed by atoms with Crippen molar-refractivity contribution in [3.8, 4) is 11.4 Å². The zero-order valence-corrected chi connectivity index (χ0v) is 14.5. The minimum atomic E-state index is -3.07. The molecule has 0 bridgehead atoms. The van der Waals surface area contributed by atoms with Gasteiger partial charge in [-0.3, -0.25) is 0 Å². The van der Waals surface area contributed by atoms with E-state index in [1.165, 1.54) is 0 Å². The normalized spacial score (nSPS) is 19.3. The minimum absolute atomic E-state index is 0.180. The monoisotopic (exact) mass is 333 g/mol. The first-order valence-electron chi connectivity index (χ1n) is 8.06. The molecule has 1 aliphatic rings. The molecular formula is C17H23N3O2S. The van der Waals surface area contributed by atoms with E-state index in [4.69, 9.17) is 0 Å². The van der Waals surface area contributed by atoms with Gasteiger partial charge in [-0.1, -0.05) is 30.3 Å². The summed E-state index contributed by atoms with van der Waals surface area (Å²) in [6.45, 7) is 5.81. The van der Waals surface area contributed by atoms with Crippen molar-refractivity contribution in [2.75, 3.05) is 18.8 Å². The van der Waals surface area contributed by atoms with Gasteiger partial charge in [0.2, 0.25) is 10.0 Å². The summed E-state index contributed by atoms with van der Waals surface area (Å²) in [4.78, 5) is 4.54. The SMILES string of the molecule is CCS(=O)(=O)N1CCC(Cn2c(C)cnc2-c2ccccc2)C1. The van der Waals surface area contributed by atoms with Crippen molar-refractivity contribution < 1.29 is 8.42 Å². The van der Waals surface area contributed by atoms with Gasteiger partial charge in [-0.05, 0) is 26.2 Å². The molecule has 1 unspecified atom stereocenters. The summed E-state index contributed by atoms with van der Waals surface area (Å²) < 4.78 is 27.9. The molecule has 3 rings (SSSR count). The Balaban J connectivity index is 1.79. The van der Waals surface area contributed by atoms with E-state index in [0.29, 0.717) is 19.0 Å². The van der Waals surface area contributed by atoms with E-state index in [2.05, 4.69) is 28.6 Å². The lowest BCUT2D eigenvalue weighted by atomic mass is 10.1. The van der Waals surface area contributed by atoms with E-state index >= 15 is 0 Å². The third-order valence-electron chi connectivity index (χ3n) is 4.53. The standard InChI is InChI=1S/C17H23N3O2S/c1-3-23(21,22)19-10-9-15(12-19)13-20-14(2)11-18-17(20)16-7-5-4-6-8-16/h4-8,11,15H,3,9-10,12-13H2,1-2H3. The van der Waals surface area contributed by atoms with E-state index in [1.807, 2.05) is 24.4 Å². The largest absolute Gasteiger partial charge is 0.328 e. The number of imidazole rings is 1. The molecule has 0 radical (unpaired) electrons. The minimum Gasteiger partial charge on any atom is -0.328 e. The van der Waals surface area contributed by atoms with Gasteiger partial charge in [-0.25, -0.2) is 17.7 Å². The van der Waals surface area contributed by atoms with E-state index in [-0.39, 0.29) is 5.75 Å². The van der Waals surface area contributed by atoms with Crippen LogP contribution in [-0.4, -0.2) is 41.1 Å². The van der Waals surface area contributed by atoms with Crippen LogP contribution in [0.15, 0.2) is 36.5 Å². The number of aromatic nitrogens is 2. The first-order valence-corrected chi connectivity index (χ1v) is 9.67. The molecular weight excluding hydrogens is 310 g/mol. The molecule has 0 N–H and O–H groups in total. The van der Waals surface area contributed by atoms with Crippen LogP contribution in [0.3, 0.4) is 0 Å². The molecule has 1 aromatic carbocycles. The summed E-state index contributed by atoms with van der Waals surface area (Å²) in [6, 6.07) is 10.1. The Labute approximate surface area is 138 Å². The maximum absolute atomic E-state index is 12.0. The number of benzene rings is 1. The highest BCUT2D eigenvalue weighted by Gasteiger charge is 2.30. The van der Waals surface area contributed by atoms with E-state index in [9.17, 15) is 8.42 Å². The van der Waals surface area contributed by atoms with Crippen LogP contribution in [0.5, 0.6) is 0 Å². The quantitative estimate of drug-likeness (QED) is 0.845. The molecule has 1 saturated heterocycles. The third kappa shape index (κ3) is 3.33. The van der Waals surface area contributed by atoms with E-state index in [1.54, 1.807) is 11.2 Å². The van der Waals surface area contributed by atoms with Crippen molar-refractivity contribution in [1.29, 1.82) is 0 Å². The second-order valence-corrected chi connectivity index (χ2v) is 8.37. The van der Waals surface area contributed by atoms with E-state index < -0.39 is 10.0 Å². The summed E-state index contributed by atoms with van der Waals surface area (Å²) in [5.74, 6) is 1.48. The van der Waals surface area contributed by atoms with Crippen molar-refractivity contribution in [3.63, 3.8) is 0 Å². The van der Waals surface area contributed by atoms with Gasteiger partial charge in [-0.15, -0.1) is 0 Å². The van der Waals surface area contributed by atoms with Gasteiger partial charge in [0.25, 0.3) is 0 Å². The summed E-state index contributed by atoms with van der Waals surface area (Å²) in [7, 11) is -3.07. The Bertz CT molecular complexity index is 768. The summed E-state index contributed by atoms with van der Waals surface area (Å²) in [5.41, 5.74) is 2.21. The maximum Gasteiger partial charge on any atom is 0.213 e. The average Bonchev–Trinajstić information content (AvgIpc) is 3.17. The molecule has 2 heterocycles. The molecule has 0 amide bonds. The number of aryl methyl sites for hydroxylation is 1. The lowest BCUT2D eigenvalue weighted by Crippen LogP contribution is -2.30. The highest BCUT2D eigenvalue weighted by Crippen LogP contribution is 2.25. The number of nitrogens with zero attached hydrogens (tertiary/aromatic N) is 3. The van der Waals surface area contributed by atoms with Crippen molar-refractivity contribution in [1.82, 2.24) is 13.9 Å². The van der Waals surface area contributed by atoms with Crippen molar-refractivity contribution >= 4 is 10.0 Å². The van der Waals surface area contributed by atoms with Gasteiger partial charge in [0.1, 0.15) is 5.82 Å². The first kappa shape index (κ1) is 16.2. The molecule has 0 aliphatic carbocycles. The Morgan fingerprint density at radius 1 is 1.26 bits per heavy atom. The van der Waals surface area contributed by atoms with Crippen LogP contribution in [0.4, 0.5) is 0 Å². The van der Waals surface area contributed by atoms with Gasteiger partial charge in [-0.2, -0.15) is 0 Å². The molecule has 124 valence electrons. The molecule has 2 aromatic rings. The molecule has 0 saturated carbocycles. The van der Waals surface area contributed by atoms with Crippen LogP contribution >= 0.6 is 0 Å². The van der Waals surface area contributed by atoms with E-state index in [0.717, 1.165) is 30.0 Å². The Morgan fingerprint density at radius 3 is 2.70 bits per heavy atom. The fourth-order valence-corrected chi connectivity index (χ4v) is 4.34. The van der Waals surface area contributed by atoms with Crippen LogP contribution < -0.4 is 0 Å². The Hall–Kier alpha value is -1.66. The van der Waals surface area contributed by atoms with Crippen molar-refractivity contribution in [3.05, 3.63) is 42.2 Å². The number of sulfonamides is 1. The number of rotatable bonds is 5. The Morgan fingerprint density at radius 2 is 2.00 bits per heavy atom. The summed E-state index contributed by atoms with van der Waals surface area (Å²) in [6.07, 6.45) is 2.79. The zero-order chi connectivity index (χ0) is 16.4. The predicted molar refractivity (Wildman–Crippen MR) is 91.5 cm³/mol. The molecule has 1 atom stereocenters. The second kappa shape index (κ2) is 6.45. The van der Waals surface area contributed by atoms with Gasteiger partial charge in [0, 0.05) is 37.1 Å². The molecule has 1 aliphatic heterocycles. The fourth-order valence-electron chi connectivity index (χ4n) is 3.15. The number of hydrogen-bond acceptors (Lipinski definition) is 3. The predicted octanol–water partition coefficient (Wildman–Crippen LogP) is 2.53. The molecule has 5 nitrogen and oxygen atoms in total. The van der Waals surface area contributed by atoms with Gasteiger partial charge < -0.3 is 4.57 Å². The van der Waals surface area contributed by atoms with Crippen molar-refractivity contribution in [2.45, 2.75) is 26.8 Å². The van der Waals surface area contributed by atoms with Crippen LogP contribution in [-0.2, 0) is 16.6 Å². The highest BCUT2D eigenvalue weighted by atomic mass is 32.2. The molecule has 1 aromatic heterocycles. The fraction of sp³-hybridized carbons (Fsp3) is 0.471. The molecule has 6 heteroatoms. The van der Waals surface area contributed by atoms with Crippen LogP contribution in [0.1, 0.15) is 19.0 Å². The van der Waals surface area contributed by atoms with Crippen molar-refractivity contribution in [2.24, 2.45) is 5.92 Å². The maximum atomic E-state index is 12.0. The van der Waals surface area contributed by atoms with Gasteiger partial charge in [0.05, 0.1) is 5.75 Å². The van der Waals surface area contributed by atoms with Crippen LogP contribution in [0, 0.1) is 12.8 Å². The lowest BCUT2D eigenvalue weighted by Gasteiger charge is -2.17. The summed E-state index contributed by atoms with van der Waals surface area (Å²) in [5, 5.41) is 0. The third-order valence-corrected chi connectivity index (χ3v) is 6.38. The highest BCUT2D eigenvalue weighted by molar-refractivity contribution is 7.89. The molecule has 0 spiro atoms. The topological polar surface area (TPSA) is 55.2 Å². The van der Waals surface area contributed by atoms with Crippen LogP contribution in [0.25, 0.3) is 11.4 Å². The average molecular weight is 333 g/mol. The molecule has 1 fully saturated rings. The van der Waals surface area contributed by atoms with Gasteiger partial charge in [0.15, 0.2) is 0 Å². The van der Waals surface area contributed by atoms with Gasteiger partial charge >= 0.3 is 0 Å².